The lowest BCUT2D eigenvalue weighted by atomic mass is 10.1. The Bertz CT molecular complexity index is 677. The summed E-state index contributed by atoms with van der Waals surface area (Å²) in [6.07, 6.45) is 0. The van der Waals surface area contributed by atoms with E-state index >= 15 is 0 Å². The predicted molar refractivity (Wildman–Crippen MR) is 81.6 cm³/mol. The van der Waals surface area contributed by atoms with Crippen LogP contribution in [0, 0.1) is 13.8 Å². The number of aryl methyl sites for hydroxylation is 2. The molecule has 0 bridgehead atoms. The second-order valence-corrected chi connectivity index (χ2v) is 4.84. The zero-order valence-corrected chi connectivity index (χ0v) is 12.7. The highest BCUT2D eigenvalue weighted by Gasteiger charge is 2.17. The van der Waals surface area contributed by atoms with Crippen LogP contribution in [-0.4, -0.2) is 22.2 Å². The third-order valence-corrected chi connectivity index (χ3v) is 3.24. The van der Waals surface area contributed by atoms with Crippen LogP contribution in [0.1, 0.15) is 28.7 Å². The van der Waals surface area contributed by atoms with Gasteiger partial charge in [-0.2, -0.15) is 5.10 Å². The van der Waals surface area contributed by atoms with Gasteiger partial charge < -0.3 is 15.8 Å². The van der Waals surface area contributed by atoms with Gasteiger partial charge >= 0.3 is 0 Å². The van der Waals surface area contributed by atoms with E-state index in [0.29, 0.717) is 29.3 Å². The van der Waals surface area contributed by atoms with Crippen molar-refractivity contribution in [3.63, 3.8) is 0 Å². The molecule has 0 radical (unpaired) electrons. The summed E-state index contributed by atoms with van der Waals surface area (Å²) in [6.45, 7) is 6.19. The number of amides is 1. The topological polar surface area (TPSA) is 82.2 Å². The summed E-state index contributed by atoms with van der Waals surface area (Å²) in [4.78, 5) is 12.1. The monoisotopic (exact) mass is 288 g/mol. The number of aromatic nitrogens is 2. The molecule has 2 aromatic rings. The minimum absolute atomic E-state index is 0.188. The van der Waals surface area contributed by atoms with Gasteiger partial charge in [0.25, 0.3) is 5.91 Å². The molecule has 0 unspecified atom stereocenters. The quantitative estimate of drug-likeness (QED) is 0.845. The fraction of sp³-hybridized carbons (Fsp3) is 0.333. The Balaban J connectivity index is 2.43. The van der Waals surface area contributed by atoms with Crippen LogP contribution in [0.5, 0.6) is 11.5 Å². The molecule has 1 amide bonds. The number of carbonyl (C=O) groups excluding carboxylic acids is 1. The molecule has 0 spiro atoms. The first-order valence-electron chi connectivity index (χ1n) is 6.79. The highest BCUT2D eigenvalue weighted by Crippen LogP contribution is 2.31. The predicted octanol–water partition coefficient (Wildman–Crippen LogP) is 2.16. The number of ether oxygens (including phenoxy) is 1. The van der Waals surface area contributed by atoms with Gasteiger partial charge in [0.15, 0.2) is 5.75 Å². The average molecular weight is 288 g/mol. The maximum Gasteiger partial charge on any atom is 0.255 e. The van der Waals surface area contributed by atoms with E-state index in [1.807, 2.05) is 27.8 Å². The van der Waals surface area contributed by atoms with Gasteiger partial charge in [0, 0.05) is 25.3 Å². The number of nitrogen functional groups attached to an aromatic ring is 1. The molecule has 1 aromatic heterocycles. The lowest BCUT2D eigenvalue weighted by Crippen LogP contribution is -2.23. The molecule has 3 N–H and O–H groups in total. The van der Waals surface area contributed by atoms with Crippen LogP contribution in [0.2, 0.25) is 0 Å². The third-order valence-electron chi connectivity index (χ3n) is 3.24. The Morgan fingerprint density at radius 2 is 2.14 bits per heavy atom. The Labute approximate surface area is 123 Å². The first-order chi connectivity index (χ1) is 9.93. The summed E-state index contributed by atoms with van der Waals surface area (Å²) in [5, 5.41) is 7.06. The van der Waals surface area contributed by atoms with Crippen molar-refractivity contribution in [3.05, 3.63) is 35.2 Å². The summed E-state index contributed by atoms with van der Waals surface area (Å²) in [5.41, 5.74) is 8.44. The second-order valence-electron chi connectivity index (χ2n) is 4.84. The normalized spacial score (nSPS) is 10.5. The van der Waals surface area contributed by atoms with Crippen molar-refractivity contribution in [1.29, 1.82) is 0 Å². The van der Waals surface area contributed by atoms with Crippen LogP contribution in [0.15, 0.2) is 18.2 Å². The largest absolute Gasteiger partial charge is 0.453 e. The number of rotatable bonds is 4. The zero-order chi connectivity index (χ0) is 15.6. The molecule has 112 valence electrons. The van der Waals surface area contributed by atoms with E-state index in [1.165, 1.54) is 0 Å². The lowest BCUT2D eigenvalue weighted by molar-refractivity contribution is 0.0953. The smallest absolute Gasteiger partial charge is 0.255 e. The number of nitrogens with zero attached hydrogens (tertiary/aromatic N) is 2. The lowest BCUT2D eigenvalue weighted by Gasteiger charge is -2.12. The Morgan fingerprint density at radius 3 is 2.71 bits per heavy atom. The summed E-state index contributed by atoms with van der Waals surface area (Å²) < 4.78 is 7.65. The van der Waals surface area contributed by atoms with E-state index in [4.69, 9.17) is 10.5 Å². The Hall–Kier alpha value is -2.50. The van der Waals surface area contributed by atoms with Gasteiger partial charge in [-0.05, 0) is 32.9 Å². The third kappa shape index (κ3) is 2.99. The standard InChI is InChI=1S/C15H20N4O2/c1-5-17-15(20)12-7-6-11(16)8-13(12)21-14-9(2)18-19(4)10(14)3/h6-8H,5,16H2,1-4H3,(H,17,20). The number of carbonyl (C=O) groups is 1. The molecule has 0 saturated heterocycles. The molecule has 21 heavy (non-hydrogen) atoms. The summed E-state index contributed by atoms with van der Waals surface area (Å²) in [6, 6.07) is 4.99. The van der Waals surface area contributed by atoms with Crippen LogP contribution < -0.4 is 15.8 Å². The minimum Gasteiger partial charge on any atom is -0.453 e. The van der Waals surface area contributed by atoms with Gasteiger partial charge in [-0.15, -0.1) is 0 Å². The molecule has 1 heterocycles. The van der Waals surface area contributed by atoms with E-state index in [9.17, 15) is 4.79 Å². The maximum absolute atomic E-state index is 12.1. The van der Waals surface area contributed by atoms with Crippen molar-refractivity contribution in [1.82, 2.24) is 15.1 Å². The first kappa shape index (κ1) is 14.9. The van der Waals surface area contributed by atoms with Gasteiger partial charge in [-0.25, -0.2) is 0 Å². The molecular formula is C15H20N4O2. The molecule has 0 aliphatic heterocycles. The van der Waals surface area contributed by atoms with Gasteiger partial charge in [0.05, 0.1) is 11.3 Å². The van der Waals surface area contributed by atoms with E-state index in [0.717, 1.165) is 11.4 Å². The molecule has 6 heteroatoms. The van der Waals surface area contributed by atoms with Crippen molar-refractivity contribution in [3.8, 4) is 11.5 Å². The van der Waals surface area contributed by atoms with Crippen molar-refractivity contribution >= 4 is 11.6 Å². The second kappa shape index (κ2) is 5.87. The fourth-order valence-corrected chi connectivity index (χ4v) is 2.08. The maximum atomic E-state index is 12.1. The SMILES string of the molecule is CCNC(=O)c1ccc(N)cc1Oc1c(C)nn(C)c1C. The number of nitrogens with two attached hydrogens (primary N) is 1. The van der Waals surface area contributed by atoms with Gasteiger partial charge in [-0.1, -0.05) is 0 Å². The van der Waals surface area contributed by atoms with Crippen LogP contribution in [0.4, 0.5) is 5.69 Å². The number of nitrogens with one attached hydrogen (secondary N) is 1. The van der Waals surface area contributed by atoms with E-state index in [2.05, 4.69) is 10.4 Å². The molecule has 0 atom stereocenters. The van der Waals surface area contributed by atoms with Gasteiger partial charge in [0.1, 0.15) is 11.4 Å². The number of anilines is 1. The number of hydrogen-bond donors (Lipinski definition) is 2. The molecular weight excluding hydrogens is 268 g/mol. The molecule has 6 nitrogen and oxygen atoms in total. The van der Waals surface area contributed by atoms with Gasteiger partial charge in [0.2, 0.25) is 0 Å². The zero-order valence-electron chi connectivity index (χ0n) is 12.7. The van der Waals surface area contributed by atoms with Crippen molar-refractivity contribution in [2.24, 2.45) is 7.05 Å². The van der Waals surface area contributed by atoms with Crippen molar-refractivity contribution in [2.75, 3.05) is 12.3 Å². The van der Waals surface area contributed by atoms with Crippen LogP contribution in [0.3, 0.4) is 0 Å². The fourth-order valence-electron chi connectivity index (χ4n) is 2.08. The summed E-state index contributed by atoms with van der Waals surface area (Å²) in [5.74, 6) is 0.889. The Kier molecular flexibility index (Phi) is 4.16. The van der Waals surface area contributed by atoms with Gasteiger partial charge in [-0.3, -0.25) is 9.48 Å². The molecule has 0 saturated carbocycles. The van der Waals surface area contributed by atoms with E-state index in [-0.39, 0.29) is 5.91 Å². The molecule has 0 aliphatic rings. The van der Waals surface area contributed by atoms with Crippen molar-refractivity contribution in [2.45, 2.75) is 20.8 Å². The molecule has 0 fully saturated rings. The van der Waals surface area contributed by atoms with Crippen LogP contribution in [0.25, 0.3) is 0 Å². The van der Waals surface area contributed by atoms with Crippen LogP contribution >= 0.6 is 0 Å². The number of benzene rings is 1. The minimum atomic E-state index is -0.188. The highest BCUT2D eigenvalue weighted by atomic mass is 16.5. The first-order valence-corrected chi connectivity index (χ1v) is 6.79. The number of hydrogen-bond acceptors (Lipinski definition) is 4. The van der Waals surface area contributed by atoms with E-state index < -0.39 is 0 Å². The average Bonchev–Trinajstić information content (AvgIpc) is 2.66. The summed E-state index contributed by atoms with van der Waals surface area (Å²) >= 11 is 0. The highest BCUT2D eigenvalue weighted by molar-refractivity contribution is 5.97. The molecule has 2 rings (SSSR count). The Morgan fingerprint density at radius 1 is 1.43 bits per heavy atom. The van der Waals surface area contributed by atoms with Crippen molar-refractivity contribution < 1.29 is 9.53 Å². The molecule has 0 aliphatic carbocycles. The molecule has 1 aromatic carbocycles. The van der Waals surface area contributed by atoms with E-state index in [1.54, 1.807) is 22.9 Å². The summed E-state index contributed by atoms with van der Waals surface area (Å²) in [7, 11) is 1.85. The van der Waals surface area contributed by atoms with Crippen LogP contribution in [-0.2, 0) is 7.05 Å².